The molecule has 0 spiro atoms. The van der Waals surface area contributed by atoms with Crippen molar-refractivity contribution in [3.05, 3.63) is 75.8 Å². The molecule has 0 atom stereocenters. The lowest BCUT2D eigenvalue weighted by Gasteiger charge is -2.06. The minimum absolute atomic E-state index is 0.103. The summed E-state index contributed by atoms with van der Waals surface area (Å²) in [7, 11) is 0. The minimum Gasteiger partial charge on any atom is -0.462 e. The van der Waals surface area contributed by atoms with Crippen molar-refractivity contribution in [3.8, 4) is 0 Å². The van der Waals surface area contributed by atoms with Gasteiger partial charge in [0.1, 0.15) is 0 Å². The zero-order chi connectivity index (χ0) is 21.2. The van der Waals surface area contributed by atoms with E-state index >= 15 is 0 Å². The quantitative estimate of drug-likeness (QED) is 0.314. The Morgan fingerprint density at radius 1 is 1.10 bits per heavy atom. The van der Waals surface area contributed by atoms with E-state index < -0.39 is 29.4 Å². The van der Waals surface area contributed by atoms with Crippen LogP contribution >= 0.6 is 0 Å². The molecule has 0 aromatic heterocycles. The summed E-state index contributed by atoms with van der Waals surface area (Å²) >= 11 is 0. The fourth-order valence-electron chi connectivity index (χ4n) is 2.19. The highest BCUT2D eigenvalue weighted by molar-refractivity contribution is 5.95. The number of rotatable bonds is 8. The largest absolute Gasteiger partial charge is 0.462 e. The summed E-state index contributed by atoms with van der Waals surface area (Å²) in [4.78, 5) is 45.3. The van der Waals surface area contributed by atoms with Gasteiger partial charge in [-0.1, -0.05) is 12.1 Å². The third-order valence-corrected chi connectivity index (χ3v) is 3.52. The highest BCUT2D eigenvalue weighted by atomic mass is 16.6. The number of esters is 2. The lowest BCUT2D eigenvalue weighted by atomic mass is 10.2. The average Bonchev–Trinajstić information content (AvgIpc) is 2.71. The molecule has 0 radical (unpaired) electrons. The van der Waals surface area contributed by atoms with Gasteiger partial charge in [-0.3, -0.25) is 14.9 Å². The van der Waals surface area contributed by atoms with E-state index in [0.29, 0.717) is 16.8 Å². The van der Waals surface area contributed by atoms with E-state index in [9.17, 15) is 24.5 Å². The molecule has 0 aliphatic rings. The van der Waals surface area contributed by atoms with E-state index in [1.54, 1.807) is 13.0 Å². The lowest BCUT2D eigenvalue weighted by molar-refractivity contribution is -0.384. The normalized spacial score (nSPS) is 10.4. The first-order valence-corrected chi connectivity index (χ1v) is 8.55. The van der Waals surface area contributed by atoms with E-state index in [1.807, 2.05) is 0 Å². The Bertz CT molecular complexity index is 936. The van der Waals surface area contributed by atoms with Gasteiger partial charge in [-0.2, -0.15) is 0 Å². The van der Waals surface area contributed by atoms with Gasteiger partial charge in [0.25, 0.3) is 11.6 Å². The minimum atomic E-state index is -0.774. The van der Waals surface area contributed by atoms with Crippen molar-refractivity contribution in [2.75, 3.05) is 18.5 Å². The number of hydrogen-bond acceptors (Lipinski definition) is 7. The fourth-order valence-corrected chi connectivity index (χ4v) is 2.19. The van der Waals surface area contributed by atoms with E-state index in [2.05, 4.69) is 5.32 Å². The summed E-state index contributed by atoms with van der Waals surface area (Å²) in [5, 5.41) is 13.2. The molecule has 9 nitrogen and oxygen atoms in total. The number of nitro benzene ring substituents is 1. The van der Waals surface area contributed by atoms with Crippen LogP contribution in [0.25, 0.3) is 6.08 Å². The Morgan fingerprint density at radius 2 is 1.83 bits per heavy atom. The molecule has 0 aliphatic heterocycles. The number of non-ortho nitro benzene ring substituents is 1. The van der Waals surface area contributed by atoms with Crippen LogP contribution in [0.2, 0.25) is 0 Å². The van der Waals surface area contributed by atoms with Crippen LogP contribution in [0.15, 0.2) is 54.6 Å². The van der Waals surface area contributed by atoms with Gasteiger partial charge < -0.3 is 14.8 Å². The van der Waals surface area contributed by atoms with Gasteiger partial charge in [0, 0.05) is 23.9 Å². The van der Waals surface area contributed by atoms with Gasteiger partial charge >= 0.3 is 11.9 Å². The Kier molecular flexibility index (Phi) is 7.60. The Hall–Kier alpha value is -4.01. The number of nitrogens with zero attached hydrogens (tertiary/aromatic N) is 1. The summed E-state index contributed by atoms with van der Waals surface area (Å²) in [5.74, 6) is -1.80. The van der Waals surface area contributed by atoms with Gasteiger partial charge in [-0.05, 0) is 42.8 Å². The summed E-state index contributed by atoms with van der Waals surface area (Å²) in [6, 6.07) is 11.8. The van der Waals surface area contributed by atoms with Crippen molar-refractivity contribution in [2.45, 2.75) is 6.92 Å². The summed E-state index contributed by atoms with van der Waals surface area (Å²) < 4.78 is 9.69. The van der Waals surface area contributed by atoms with Crippen LogP contribution in [-0.4, -0.2) is 36.0 Å². The number of nitrogens with one attached hydrogen (secondary N) is 1. The molecular weight excluding hydrogens is 380 g/mol. The van der Waals surface area contributed by atoms with Crippen molar-refractivity contribution >= 4 is 35.3 Å². The Morgan fingerprint density at radius 3 is 2.48 bits per heavy atom. The number of anilines is 1. The molecule has 9 heteroatoms. The third kappa shape index (κ3) is 6.90. The molecule has 0 saturated heterocycles. The predicted molar refractivity (Wildman–Crippen MR) is 104 cm³/mol. The number of carbonyl (C=O) groups is 3. The molecule has 2 aromatic carbocycles. The lowest BCUT2D eigenvalue weighted by Crippen LogP contribution is -2.20. The van der Waals surface area contributed by atoms with Gasteiger partial charge in [-0.25, -0.2) is 9.59 Å². The van der Waals surface area contributed by atoms with Gasteiger partial charge in [0.05, 0.1) is 17.1 Å². The second-order valence-electron chi connectivity index (χ2n) is 5.64. The highest BCUT2D eigenvalue weighted by Crippen LogP contribution is 2.14. The first-order valence-electron chi connectivity index (χ1n) is 8.55. The maximum atomic E-state index is 11.9. The molecule has 0 unspecified atom stereocenters. The first kappa shape index (κ1) is 21.3. The Balaban J connectivity index is 1.82. The molecule has 0 saturated carbocycles. The standard InChI is InChI=1S/C20H18N2O7/c1-2-28-20(25)15-7-9-16(10-8-15)21-18(23)13-29-19(24)11-6-14-4-3-5-17(12-14)22(26)27/h3-12H,2,13H2,1H3,(H,21,23). The van der Waals surface area contributed by atoms with E-state index in [-0.39, 0.29) is 12.3 Å². The van der Waals surface area contributed by atoms with Gasteiger partial charge in [0.15, 0.2) is 6.61 Å². The number of nitro groups is 1. The number of hydrogen-bond donors (Lipinski definition) is 1. The van der Waals surface area contributed by atoms with Gasteiger partial charge in [0.2, 0.25) is 0 Å². The molecule has 0 fully saturated rings. The van der Waals surface area contributed by atoms with Crippen LogP contribution in [0.1, 0.15) is 22.8 Å². The van der Waals surface area contributed by atoms with Gasteiger partial charge in [-0.15, -0.1) is 0 Å². The number of amides is 1. The second-order valence-corrected chi connectivity index (χ2v) is 5.64. The smallest absolute Gasteiger partial charge is 0.338 e. The molecule has 1 N–H and O–H groups in total. The van der Waals surface area contributed by atoms with E-state index in [1.165, 1.54) is 48.5 Å². The van der Waals surface area contributed by atoms with Crippen LogP contribution in [0.4, 0.5) is 11.4 Å². The molecule has 150 valence electrons. The van der Waals surface area contributed by atoms with Crippen molar-refractivity contribution < 1.29 is 28.8 Å². The van der Waals surface area contributed by atoms with Crippen molar-refractivity contribution in [1.29, 1.82) is 0 Å². The average molecular weight is 398 g/mol. The van der Waals surface area contributed by atoms with Crippen LogP contribution < -0.4 is 5.32 Å². The topological polar surface area (TPSA) is 125 Å². The zero-order valence-corrected chi connectivity index (χ0v) is 15.5. The molecule has 0 bridgehead atoms. The van der Waals surface area contributed by atoms with Crippen molar-refractivity contribution in [2.24, 2.45) is 0 Å². The second kappa shape index (κ2) is 10.4. The molecule has 0 heterocycles. The number of ether oxygens (including phenoxy) is 2. The highest BCUT2D eigenvalue weighted by Gasteiger charge is 2.09. The number of carbonyl (C=O) groups excluding carboxylic acids is 3. The maximum absolute atomic E-state index is 11.9. The van der Waals surface area contributed by atoms with E-state index in [4.69, 9.17) is 9.47 Å². The molecule has 2 aromatic rings. The fraction of sp³-hybridized carbons (Fsp3) is 0.150. The maximum Gasteiger partial charge on any atom is 0.338 e. The number of benzene rings is 2. The predicted octanol–water partition coefficient (Wildman–Crippen LogP) is 2.97. The Labute approximate surface area is 166 Å². The van der Waals surface area contributed by atoms with E-state index in [0.717, 1.165) is 6.08 Å². The van der Waals surface area contributed by atoms with Crippen molar-refractivity contribution in [1.82, 2.24) is 0 Å². The summed E-state index contributed by atoms with van der Waals surface area (Å²) in [5.41, 5.74) is 1.12. The summed E-state index contributed by atoms with van der Waals surface area (Å²) in [6.45, 7) is 1.45. The van der Waals surface area contributed by atoms with Crippen LogP contribution in [0.5, 0.6) is 0 Å². The third-order valence-electron chi connectivity index (χ3n) is 3.52. The molecule has 29 heavy (non-hydrogen) atoms. The summed E-state index contributed by atoms with van der Waals surface area (Å²) in [6.07, 6.45) is 2.42. The first-order chi connectivity index (χ1) is 13.9. The van der Waals surface area contributed by atoms with Crippen molar-refractivity contribution in [3.63, 3.8) is 0 Å². The van der Waals surface area contributed by atoms with Crippen LogP contribution in [0.3, 0.4) is 0 Å². The molecular formula is C20H18N2O7. The zero-order valence-electron chi connectivity index (χ0n) is 15.5. The monoisotopic (exact) mass is 398 g/mol. The SMILES string of the molecule is CCOC(=O)c1ccc(NC(=O)COC(=O)C=Cc2cccc([N+](=O)[O-])c2)cc1. The van der Waals surface area contributed by atoms with Crippen LogP contribution in [-0.2, 0) is 19.1 Å². The molecule has 0 aliphatic carbocycles. The molecule has 1 amide bonds. The molecule has 2 rings (SSSR count). The van der Waals surface area contributed by atoms with Crippen LogP contribution in [0, 0.1) is 10.1 Å².